The second-order valence-corrected chi connectivity index (χ2v) is 3.30. The Morgan fingerprint density at radius 3 is 2.00 bits per heavy atom. The Kier molecular flexibility index (Phi) is 1.11. The molecule has 0 radical (unpaired) electrons. The zero-order valence-electron chi connectivity index (χ0n) is 5.60. The third kappa shape index (κ3) is 0.707. The zero-order valence-corrected chi connectivity index (χ0v) is 5.60. The highest BCUT2D eigenvalue weighted by Crippen LogP contribution is 2.38. The van der Waals surface area contributed by atoms with Crippen LogP contribution in [0.3, 0.4) is 0 Å². The van der Waals surface area contributed by atoms with Gasteiger partial charge in [-0.3, -0.25) is 4.79 Å². The van der Waals surface area contributed by atoms with E-state index in [0.29, 0.717) is 17.6 Å². The van der Waals surface area contributed by atoms with Gasteiger partial charge >= 0.3 is 0 Å². The van der Waals surface area contributed by atoms with Gasteiger partial charge in [0.1, 0.15) is 5.78 Å². The lowest BCUT2D eigenvalue weighted by molar-refractivity contribution is -0.125. The minimum Gasteiger partial charge on any atom is -0.299 e. The molecule has 0 heterocycles. The number of ketones is 1. The molecule has 0 aromatic heterocycles. The van der Waals surface area contributed by atoms with E-state index >= 15 is 0 Å². The quantitative estimate of drug-likeness (QED) is 0.481. The second kappa shape index (κ2) is 1.83. The predicted octanol–water partition coefficient (Wildman–Crippen LogP) is 1.77. The van der Waals surface area contributed by atoms with Gasteiger partial charge in [0.15, 0.2) is 0 Å². The largest absolute Gasteiger partial charge is 0.299 e. The molecule has 0 aromatic carbocycles. The molecule has 2 aliphatic carbocycles. The lowest BCUT2D eigenvalue weighted by Crippen LogP contribution is -2.18. The Morgan fingerprint density at radius 1 is 1.00 bits per heavy atom. The van der Waals surface area contributed by atoms with Crippen molar-refractivity contribution in [2.24, 2.45) is 11.8 Å². The van der Waals surface area contributed by atoms with Crippen molar-refractivity contribution in [2.45, 2.75) is 32.1 Å². The fourth-order valence-corrected chi connectivity index (χ4v) is 2.20. The molecule has 0 saturated heterocycles. The maximum Gasteiger partial charge on any atom is 0.139 e. The third-order valence-electron chi connectivity index (χ3n) is 2.77. The van der Waals surface area contributed by atoms with Crippen molar-refractivity contribution in [2.75, 3.05) is 0 Å². The van der Waals surface area contributed by atoms with Crippen LogP contribution in [-0.4, -0.2) is 5.78 Å². The first-order valence-electron chi connectivity index (χ1n) is 3.91. The molecule has 1 heteroatoms. The summed E-state index contributed by atoms with van der Waals surface area (Å²) in [5.74, 6) is 1.56. The van der Waals surface area contributed by atoms with Gasteiger partial charge in [0, 0.05) is 11.8 Å². The predicted molar refractivity (Wildman–Crippen MR) is 35.1 cm³/mol. The van der Waals surface area contributed by atoms with Gasteiger partial charge in [0.05, 0.1) is 0 Å². The summed E-state index contributed by atoms with van der Waals surface area (Å²) in [6.45, 7) is 0. The van der Waals surface area contributed by atoms with Crippen molar-refractivity contribution < 1.29 is 4.79 Å². The number of hydrogen-bond donors (Lipinski definition) is 0. The lowest BCUT2D eigenvalue weighted by atomic mass is 9.88. The Morgan fingerprint density at radius 2 is 1.56 bits per heavy atom. The molecule has 0 spiro atoms. The van der Waals surface area contributed by atoms with E-state index in [0.717, 1.165) is 0 Å². The van der Waals surface area contributed by atoms with E-state index < -0.39 is 0 Å². The number of carbonyl (C=O) groups is 1. The Bertz CT molecular complexity index is 122. The molecule has 2 atom stereocenters. The summed E-state index contributed by atoms with van der Waals surface area (Å²) < 4.78 is 0. The molecule has 0 aromatic rings. The highest BCUT2D eigenvalue weighted by molar-refractivity contribution is 5.85. The normalized spacial score (nSPS) is 41.6. The molecule has 0 N–H and O–H groups in total. The van der Waals surface area contributed by atoms with E-state index in [9.17, 15) is 4.79 Å². The summed E-state index contributed by atoms with van der Waals surface area (Å²) >= 11 is 0. The van der Waals surface area contributed by atoms with Crippen LogP contribution in [0.2, 0.25) is 0 Å². The van der Waals surface area contributed by atoms with Crippen LogP contribution in [0.15, 0.2) is 0 Å². The Hall–Kier alpha value is -0.330. The number of Topliss-reactive ketones (excluding diaryl/α,β-unsaturated/α-hetero) is 1. The van der Waals surface area contributed by atoms with Crippen LogP contribution in [0.1, 0.15) is 32.1 Å². The average Bonchev–Trinajstić information content (AvgIpc) is 2.19. The van der Waals surface area contributed by atoms with Crippen molar-refractivity contribution in [1.82, 2.24) is 0 Å². The Labute approximate surface area is 55.4 Å². The van der Waals surface area contributed by atoms with Crippen LogP contribution in [0.4, 0.5) is 0 Å². The highest BCUT2D eigenvalue weighted by Gasteiger charge is 2.36. The minimum atomic E-state index is 0.490. The zero-order chi connectivity index (χ0) is 6.27. The van der Waals surface area contributed by atoms with Crippen LogP contribution in [0, 0.1) is 11.8 Å². The van der Waals surface area contributed by atoms with E-state index in [-0.39, 0.29) is 0 Å². The summed E-state index contributed by atoms with van der Waals surface area (Å²) in [5, 5.41) is 0. The third-order valence-corrected chi connectivity index (χ3v) is 2.77. The number of hydrogen-bond acceptors (Lipinski definition) is 1. The first kappa shape index (κ1) is 5.45. The summed E-state index contributed by atoms with van der Waals surface area (Å²) in [5.41, 5.74) is 0. The van der Waals surface area contributed by atoms with Crippen molar-refractivity contribution in [3.8, 4) is 0 Å². The molecule has 2 aliphatic rings. The lowest BCUT2D eigenvalue weighted by Gasteiger charge is -2.15. The number of fused-ring (bicyclic) bond motifs is 2. The van der Waals surface area contributed by atoms with Crippen LogP contribution in [0.5, 0.6) is 0 Å². The van der Waals surface area contributed by atoms with Gasteiger partial charge in [-0.25, -0.2) is 0 Å². The Balaban J connectivity index is 2.19. The van der Waals surface area contributed by atoms with Gasteiger partial charge in [-0.05, 0) is 25.7 Å². The fourth-order valence-electron chi connectivity index (χ4n) is 2.20. The molecule has 0 amide bonds. The van der Waals surface area contributed by atoms with E-state index in [1.54, 1.807) is 0 Å². The van der Waals surface area contributed by atoms with Gasteiger partial charge in [-0.15, -0.1) is 0 Å². The molecule has 2 saturated carbocycles. The van der Waals surface area contributed by atoms with Gasteiger partial charge in [0.25, 0.3) is 0 Å². The molecule has 0 unspecified atom stereocenters. The molecule has 0 aliphatic heterocycles. The monoisotopic (exact) mass is 124 g/mol. The molecular formula is C8H12O. The molecule has 1 nitrogen and oxygen atoms in total. The van der Waals surface area contributed by atoms with E-state index in [2.05, 4.69) is 0 Å². The molecule has 9 heavy (non-hydrogen) atoms. The van der Waals surface area contributed by atoms with E-state index in [1.807, 2.05) is 0 Å². The first-order chi connectivity index (χ1) is 4.38. The maximum atomic E-state index is 11.2. The SMILES string of the molecule is O=C1[C@H]2CCC[C@H]1CC2. The summed E-state index contributed by atoms with van der Waals surface area (Å²) in [4.78, 5) is 11.2. The van der Waals surface area contributed by atoms with Gasteiger partial charge in [-0.1, -0.05) is 6.42 Å². The summed E-state index contributed by atoms with van der Waals surface area (Å²) in [7, 11) is 0. The van der Waals surface area contributed by atoms with Crippen LogP contribution in [0.25, 0.3) is 0 Å². The van der Waals surface area contributed by atoms with Gasteiger partial charge in [-0.2, -0.15) is 0 Å². The van der Waals surface area contributed by atoms with Gasteiger partial charge in [0.2, 0.25) is 0 Å². The van der Waals surface area contributed by atoms with Crippen molar-refractivity contribution in [1.29, 1.82) is 0 Å². The highest BCUT2D eigenvalue weighted by atomic mass is 16.1. The standard InChI is InChI=1S/C8H12O/c9-8-6-2-1-3-7(8)5-4-6/h6-7H,1-5H2/t6-,7-/m0/s1. The maximum absolute atomic E-state index is 11.2. The first-order valence-corrected chi connectivity index (χ1v) is 3.91. The van der Waals surface area contributed by atoms with E-state index in [4.69, 9.17) is 0 Å². The molecule has 2 bridgehead atoms. The molecule has 2 fully saturated rings. The van der Waals surface area contributed by atoms with E-state index in [1.165, 1.54) is 32.1 Å². The second-order valence-electron chi connectivity index (χ2n) is 3.30. The van der Waals surface area contributed by atoms with Crippen molar-refractivity contribution >= 4 is 5.78 Å². The number of carbonyl (C=O) groups excluding carboxylic acids is 1. The topological polar surface area (TPSA) is 17.1 Å². The van der Waals surface area contributed by atoms with Crippen molar-refractivity contribution in [3.63, 3.8) is 0 Å². The minimum absolute atomic E-state index is 0.490. The molecular weight excluding hydrogens is 112 g/mol. The van der Waals surface area contributed by atoms with Crippen LogP contribution >= 0.6 is 0 Å². The smallest absolute Gasteiger partial charge is 0.139 e. The summed E-state index contributed by atoms with van der Waals surface area (Å²) in [6.07, 6.45) is 6.08. The number of rotatable bonds is 0. The van der Waals surface area contributed by atoms with Crippen molar-refractivity contribution in [3.05, 3.63) is 0 Å². The summed E-state index contributed by atoms with van der Waals surface area (Å²) in [6, 6.07) is 0. The molecule has 50 valence electrons. The fraction of sp³-hybridized carbons (Fsp3) is 0.875. The van der Waals surface area contributed by atoms with Gasteiger partial charge < -0.3 is 0 Å². The average molecular weight is 124 g/mol. The van der Waals surface area contributed by atoms with Crippen LogP contribution < -0.4 is 0 Å². The molecule has 2 rings (SSSR count). The van der Waals surface area contributed by atoms with Crippen LogP contribution in [-0.2, 0) is 4.79 Å².